The molecule has 0 fully saturated rings. The number of aromatic nitrogens is 2. The van der Waals surface area contributed by atoms with Gasteiger partial charge in [-0.1, -0.05) is 370 Å². The van der Waals surface area contributed by atoms with E-state index >= 15 is 0 Å². The standard InChI is InChI=1S/C97H68N2Si2/c1-9-33-67(34-10-1)70-61-71(68-35-11-2-12-36-68)63-79(62-70)101(76-45-21-7-22-46-76,77-47-23-8-24-48-77)92-58-32-56-88-94-85-52-27-28-53-86(85)97(96(88)92)95-84(54-31-55-87(94)95)80-49-25-26-50-81(80)89-64-72(69-37-13-3-14-38-69)65-93(98-89)99-90-57-30-29-51-82(90)83-60-59-78(66-91(83)99)100(73-39-15-4-16-40-73,74-41-17-5-18-42-74)75-43-19-6-20-44-75/h1-66,94,97H. The van der Waals surface area contributed by atoms with Gasteiger partial charge in [-0.2, -0.15) is 0 Å². The van der Waals surface area contributed by atoms with Crippen molar-refractivity contribution in [3.05, 3.63) is 434 Å². The van der Waals surface area contributed by atoms with Gasteiger partial charge in [0, 0.05) is 28.2 Å². The number of hydrogen-bond donors (Lipinski definition) is 0. The van der Waals surface area contributed by atoms with E-state index in [0.717, 1.165) is 44.8 Å². The molecule has 0 saturated carbocycles. The molecule has 4 heteroatoms. The van der Waals surface area contributed by atoms with Crippen LogP contribution in [0, 0.1) is 0 Å². The molecule has 3 aliphatic carbocycles. The zero-order chi connectivity index (χ0) is 66.9. The number of fused-ring (bicyclic) bond motifs is 3. The fourth-order valence-corrected chi connectivity index (χ4v) is 27.5. The van der Waals surface area contributed by atoms with E-state index in [1.54, 1.807) is 0 Å². The first-order chi connectivity index (χ1) is 50.1. The van der Waals surface area contributed by atoms with Crippen molar-refractivity contribution in [2.45, 2.75) is 11.8 Å². The van der Waals surface area contributed by atoms with E-state index in [4.69, 9.17) is 4.98 Å². The third-order valence-electron chi connectivity index (χ3n) is 21.9. The minimum Gasteiger partial charge on any atom is -0.294 e. The highest BCUT2D eigenvalue weighted by Crippen LogP contribution is 2.58. The highest BCUT2D eigenvalue weighted by Gasteiger charge is 2.50. The minimum atomic E-state index is -3.34. The number of para-hydroxylation sites is 1. The Balaban J connectivity index is 0.849. The fourth-order valence-electron chi connectivity index (χ4n) is 17.7. The lowest BCUT2D eigenvalue weighted by atomic mass is 9.60. The van der Waals surface area contributed by atoms with Gasteiger partial charge in [0.2, 0.25) is 0 Å². The summed E-state index contributed by atoms with van der Waals surface area (Å²) in [4.78, 5) is 6.04. The summed E-state index contributed by atoms with van der Waals surface area (Å²) in [6.07, 6.45) is 0. The second-order valence-electron chi connectivity index (χ2n) is 27.1. The molecule has 2 atom stereocenters. The largest absolute Gasteiger partial charge is 0.294 e. The predicted molar refractivity (Wildman–Crippen MR) is 428 cm³/mol. The zero-order valence-electron chi connectivity index (χ0n) is 55.7. The first-order valence-corrected chi connectivity index (χ1v) is 39.2. The summed E-state index contributed by atoms with van der Waals surface area (Å²) >= 11 is 0. The molecule has 17 aromatic rings. The molecule has 2 unspecified atom stereocenters. The van der Waals surface area contributed by atoms with Crippen LogP contribution in [0.5, 0.6) is 0 Å². The molecular formula is C97H68N2Si2. The predicted octanol–water partition coefficient (Wildman–Crippen LogP) is 18.3. The molecule has 474 valence electrons. The maximum atomic E-state index is 6.04. The second kappa shape index (κ2) is 24.9. The highest BCUT2D eigenvalue weighted by atomic mass is 28.3. The Labute approximate surface area is 592 Å². The Bertz CT molecular complexity index is 5750. The summed E-state index contributed by atoms with van der Waals surface area (Å²) in [5.74, 6) is 0.736. The highest BCUT2D eigenvalue weighted by molar-refractivity contribution is 7.20. The van der Waals surface area contributed by atoms with Crippen LogP contribution in [0.25, 0.3) is 83.4 Å². The van der Waals surface area contributed by atoms with Crippen LogP contribution in [0.2, 0.25) is 0 Å². The van der Waals surface area contributed by atoms with E-state index in [1.807, 2.05) is 0 Å². The van der Waals surface area contributed by atoms with Gasteiger partial charge in [-0.25, -0.2) is 4.98 Å². The zero-order valence-corrected chi connectivity index (χ0v) is 57.7. The van der Waals surface area contributed by atoms with Gasteiger partial charge >= 0.3 is 0 Å². The van der Waals surface area contributed by atoms with Crippen LogP contribution in [0.3, 0.4) is 0 Å². The van der Waals surface area contributed by atoms with Crippen LogP contribution in [-0.2, 0) is 0 Å². The molecule has 20 rings (SSSR count). The molecule has 2 nitrogen and oxygen atoms in total. The molecular weight excluding hydrogens is 1250 g/mol. The molecule has 0 N–H and O–H groups in total. The van der Waals surface area contributed by atoms with Gasteiger partial charge in [-0.3, -0.25) is 4.57 Å². The van der Waals surface area contributed by atoms with Crippen molar-refractivity contribution in [3.63, 3.8) is 0 Å². The van der Waals surface area contributed by atoms with Crippen molar-refractivity contribution in [3.8, 4) is 61.6 Å². The van der Waals surface area contributed by atoms with E-state index in [-0.39, 0.29) is 11.8 Å². The maximum absolute atomic E-state index is 6.04. The number of pyridine rings is 1. The van der Waals surface area contributed by atoms with Crippen LogP contribution in [-0.4, -0.2) is 25.7 Å². The first-order valence-electron chi connectivity index (χ1n) is 35.2. The van der Waals surface area contributed by atoms with Crippen molar-refractivity contribution >= 4 is 79.4 Å². The third-order valence-corrected chi connectivity index (χ3v) is 31.4. The monoisotopic (exact) mass is 1320 g/mol. The summed E-state index contributed by atoms with van der Waals surface area (Å²) in [5.41, 5.74) is 22.0. The number of benzene rings is 15. The topological polar surface area (TPSA) is 17.8 Å². The van der Waals surface area contributed by atoms with Crippen molar-refractivity contribution < 1.29 is 0 Å². The molecule has 15 aromatic carbocycles. The average Bonchev–Trinajstić information content (AvgIpc) is 1.16. The maximum Gasteiger partial charge on any atom is 0.179 e. The first kappa shape index (κ1) is 59.9. The van der Waals surface area contributed by atoms with Gasteiger partial charge in [0.25, 0.3) is 0 Å². The SMILES string of the molecule is c1ccc(-c2cc(-c3ccccc3)cc([Si](c3ccccc3)(c3ccccc3)c3cccc4c3C3c5ccccc5C4c4cccc(-c5ccccc5-c5cc(-c6ccccc6)cc(-n6c7ccccc7c7ccc([Si](c8ccccc8)(c8ccccc8)c8ccccc8)cc76)n5)c43)c2)cc1. The quantitative estimate of drug-likeness (QED) is 0.0784. The normalized spacial score (nSPS) is 13.7. The van der Waals surface area contributed by atoms with E-state index in [0.29, 0.717) is 0 Å². The second-order valence-corrected chi connectivity index (χ2v) is 34.6. The van der Waals surface area contributed by atoms with Gasteiger partial charge in [-0.05, 0) is 150 Å². The summed E-state index contributed by atoms with van der Waals surface area (Å²) in [6, 6.07) is 151. The van der Waals surface area contributed by atoms with Crippen molar-refractivity contribution in [1.82, 2.24) is 9.55 Å². The average molecular weight is 1320 g/mol. The lowest BCUT2D eigenvalue weighted by Gasteiger charge is -2.47. The summed E-state index contributed by atoms with van der Waals surface area (Å²) in [6.45, 7) is 0. The van der Waals surface area contributed by atoms with E-state index in [1.165, 1.54) is 113 Å². The minimum absolute atomic E-state index is 0.0131. The van der Waals surface area contributed by atoms with Crippen LogP contribution in [0.15, 0.2) is 400 Å². The molecule has 0 radical (unpaired) electrons. The van der Waals surface area contributed by atoms with Crippen LogP contribution in [0.4, 0.5) is 0 Å². The number of hydrogen-bond acceptors (Lipinski definition) is 1. The molecule has 0 spiro atoms. The summed E-state index contributed by atoms with van der Waals surface area (Å²) in [7, 11) is -6.29. The Kier molecular flexibility index (Phi) is 14.8. The number of rotatable bonds is 14. The summed E-state index contributed by atoms with van der Waals surface area (Å²) < 4.78 is 2.46. The Morgan fingerprint density at radius 2 is 0.634 bits per heavy atom. The van der Waals surface area contributed by atoms with E-state index in [2.05, 4.69) is 405 Å². The molecule has 2 heterocycles. The smallest absolute Gasteiger partial charge is 0.179 e. The third kappa shape index (κ3) is 9.69. The fraction of sp³-hybridized carbons (Fsp3) is 0.0206. The molecule has 2 bridgehead atoms. The molecule has 2 aromatic heterocycles. The molecule has 0 saturated heterocycles. The lowest BCUT2D eigenvalue weighted by molar-refractivity contribution is 0.760. The van der Waals surface area contributed by atoms with Crippen molar-refractivity contribution in [1.29, 1.82) is 0 Å². The summed E-state index contributed by atoms with van der Waals surface area (Å²) in [5, 5.41) is 13.2. The van der Waals surface area contributed by atoms with Crippen molar-refractivity contribution in [2.75, 3.05) is 0 Å². The molecule has 0 amide bonds. The van der Waals surface area contributed by atoms with Gasteiger partial charge in [0.05, 0.1) is 16.7 Å². The van der Waals surface area contributed by atoms with Gasteiger partial charge in [0.15, 0.2) is 16.1 Å². The van der Waals surface area contributed by atoms with Crippen molar-refractivity contribution in [2.24, 2.45) is 0 Å². The van der Waals surface area contributed by atoms with E-state index < -0.39 is 16.1 Å². The van der Waals surface area contributed by atoms with Gasteiger partial charge in [0.1, 0.15) is 5.82 Å². The molecule has 101 heavy (non-hydrogen) atoms. The van der Waals surface area contributed by atoms with Crippen LogP contribution < -0.4 is 41.5 Å². The molecule has 3 aliphatic rings. The molecule has 0 aliphatic heterocycles. The van der Waals surface area contributed by atoms with Gasteiger partial charge < -0.3 is 0 Å². The Hall–Kier alpha value is -12.3. The Morgan fingerprint density at radius 3 is 1.18 bits per heavy atom. The van der Waals surface area contributed by atoms with Crippen LogP contribution >= 0.6 is 0 Å². The Morgan fingerprint density at radius 1 is 0.228 bits per heavy atom. The van der Waals surface area contributed by atoms with E-state index in [9.17, 15) is 0 Å². The van der Waals surface area contributed by atoms with Gasteiger partial charge in [-0.15, -0.1) is 0 Å². The lowest BCUT2D eigenvalue weighted by Crippen LogP contribution is -2.75. The van der Waals surface area contributed by atoms with Crippen LogP contribution in [0.1, 0.15) is 45.2 Å². The number of nitrogens with zero attached hydrogens (tertiary/aromatic N) is 2.